The number of nitrogens with two attached hydrogens (primary N) is 1. The molecule has 3 aromatic carbocycles. The quantitative estimate of drug-likeness (QED) is 0.0910. The standard InChI is InChI=1S/C27H32N6O2/c1-4-8-19-16-20(22-9-6-7-10-23(22)26(28)32-33-29)17-24(25(19)35-15-5-2)31-27(34)30-21-13-11-18(3)12-14-21/h6-7,9-14,16-17H,4-5,8,15H2,1-3H3,(H3,28,29,32)(H2,30,31,34). The monoisotopic (exact) mass is 472 g/mol. The van der Waals surface area contributed by atoms with Gasteiger partial charge in [0, 0.05) is 11.3 Å². The van der Waals surface area contributed by atoms with Crippen LogP contribution in [0, 0.1) is 12.3 Å². The summed E-state index contributed by atoms with van der Waals surface area (Å²) in [6, 6.07) is 18.6. The van der Waals surface area contributed by atoms with Gasteiger partial charge in [0.05, 0.1) is 12.3 Å². The van der Waals surface area contributed by atoms with Gasteiger partial charge in [0.15, 0.2) is 5.84 Å². The lowest BCUT2D eigenvalue weighted by Crippen LogP contribution is -2.20. The first-order chi connectivity index (χ1) is 17.0. The predicted molar refractivity (Wildman–Crippen MR) is 141 cm³/mol. The van der Waals surface area contributed by atoms with Crippen molar-refractivity contribution < 1.29 is 9.53 Å². The number of rotatable bonds is 9. The largest absolute Gasteiger partial charge is 0.491 e. The Morgan fingerprint density at radius 3 is 2.46 bits per heavy atom. The van der Waals surface area contributed by atoms with Crippen LogP contribution >= 0.6 is 0 Å². The summed E-state index contributed by atoms with van der Waals surface area (Å²) in [6.45, 7) is 6.66. The van der Waals surface area contributed by atoms with Crippen molar-refractivity contribution in [1.82, 2.24) is 0 Å². The van der Waals surface area contributed by atoms with E-state index in [1.165, 1.54) is 0 Å². The molecule has 0 aliphatic carbocycles. The van der Waals surface area contributed by atoms with E-state index >= 15 is 0 Å². The Morgan fingerprint density at radius 1 is 1.03 bits per heavy atom. The number of amidine groups is 1. The van der Waals surface area contributed by atoms with E-state index in [2.05, 4.69) is 27.9 Å². The molecule has 0 atom stereocenters. The Morgan fingerprint density at radius 2 is 1.77 bits per heavy atom. The number of aryl methyl sites for hydroxylation is 2. The molecule has 0 aromatic heterocycles. The van der Waals surface area contributed by atoms with Crippen LogP contribution < -0.4 is 21.2 Å². The van der Waals surface area contributed by atoms with Gasteiger partial charge >= 0.3 is 6.03 Å². The van der Waals surface area contributed by atoms with Gasteiger partial charge in [-0.05, 0) is 60.7 Å². The molecule has 35 heavy (non-hydrogen) atoms. The number of ether oxygens (including phenoxy) is 1. The molecule has 0 saturated carbocycles. The third-order valence-electron chi connectivity index (χ3n) is 5.34. The fourth-order valence-corrected chi connectivity index (χ4v) is 3.74. The van der Waals surface area contributed by atoms with Crippen LogP contribution in [0.1, 0.15) is 43.4 Å². The maximum atomic E-state index is 12.9. The van der Waals surface area contributed by atoms with Gasteiger partial charge in [-0.15, -0.1) is 5.11 Å². The molecular weight excluding hydrogens is 440 g/mol. The minimum atomic E-state index is -0.368. The van der Waals surface area contributed by atoms with Crippen LogP contribution in [0.5, 0.6) is 5.75 Å². The highest BCUT2D eigenvalue weighted by molar-refractivity contribution is 6.04. The summed E-state index contributed by atoms with van der Waals surface area (Å²) in [5.41, 5.74) is 5.54. The van der Waals surface area contributed by atoms with Crippen LogP contribution in [0.4, 0.5) is 16.2 Å². The van der Waals surface area contributed by atoms with Gasteiger partial charge in [-0.3, -0.25) is 5.41 Å². The van der Waals surface area contributed by atoms with Crippen LogP contribution in [-0.4, -0.2) is 18.5 Å². The van der Waals surface area contributed by atoms with E-state index in [1.54, 1.807) is 6.07 Å². The van der Waals surface area contributed by atoms with E-state index in [9.17, 15) is 4.79 Å². The normalized spacial score (nSPS) is 10.8. The van der Waals surface area contributed by atoms with E-state index in [1.807, 2.05) is 68.4 Å². The molecule has 0 spiro atoms. The minimum Gasteiger partial charge on any atom is -0.491 e. The zero-order valence-electron chi connectivity index (χ0n) is 20.4. The van der Waals surface area contributed by atoms with Crippen LogP contribution in [-0.2, 0) is 6.42 Å². The SMILES string of the molecule is CCCOc1c(CCC)cc(-c2ccccc2C(=N)N=NN)cc1NC(=O)Nc1ccc(C)cc1. The van der Waals surface area contributed by atoms with Crippen LogP contribution in [0.3, 0.4) is 0 Å². The van der Waals surface area contributed by atoms with Crippen LogP contribution in [0.2, 0.25) is 0 Å². The zero-order chi connectivity index (χ0) is 25.2. The smallest absolute Gasteiger partial charge is 0.323 e. The lowest BCUT2D eigenvalue weighted by molar-refractivity contribution is 0.261. The van der Waals surface area contributed by atoms with E-state index in [0.29, 0.717) is 29.3 Å². The molecule has 0 unspecified atom stereocenters. The number of anilines is 2. The average molecular weight is 473 g/mol. The third-order valence-corrected chi connectivity index (χ3v) is 5.34. The number of hydrogen-bond donors (Lipinski definition) is 4. The van der Waals surface area contributed by atoms with Gasteiger partial charge in [-0.25, -0.2) is 4.79 Å². The van der Waals surface area contributed by atoms with Crippen molar-refractivity contribution in [3.05, 3.63) is 77.4 Å². The van der Waals surface area contributed by atoms with Crippen LogP contribution in [0.25, 0.3) is 11.1 Å². The molecule has 0 heterocycles. The van der Waals surface area contributed by atoms with Gasteiger partial charge in [-0.1, -0.05) is 67.5 Å². The molecule has 0 aliphatic heterocycles. The summed E-state index contributed by atoms with van der Waals surface area (Å²) in [6.07, 6.45) is 2.51. The van der Waals surface area contributed by atoms with Crippen molar-refractivity contribution in [2.45, 2.75) is 40.0 Å². The number of nitrogens with zero attached hydrogens (tertiary/aromatic N) is 2. The van der Waals surface area contributed by atoms with E-state index in [0.717, 1.165) is 41.5 Å². The molecule has 5 N–H and O–H groups in total. The molecule has 182 valence electrons. The second-order valence-corrected chi connectivity index (χ2v) is 8.17. The Labute approximate surface area is 206 Å². The lowest BCUT2D eigenvalue weighted by Gasteiger charge is -2.19. The average Bonchev–Trinajstić information content (AvgIpc) is 2.85. The Kier molecular flexibility index (Phi) is 8.95. The summed E-state index contributed by atoms with van der Waals surface area (Å²) >= 11 is 0. The summed E-state index contributed by atoms with van der Waals surface area (Å²) in [4.78, 5) is 12.9. The second kappa shape index (κ2) is 12.3. The van der Waals surface area contributed by atoms with Gasteiger partial charge in [0.2, 0.25) is 0 Å². The summed E-state index contributed by atoms with van der Waals surface area (Å²) in [5.74, 6) is 5.80. The van der Waals surface area contributed by atoms with Crippen molar-refractivity contribution >= 4 is 23.2 Å². The van der Waals surface area contributed by atoms with E-state index in [-0.39, 0.29) is 11.9 Å². The molecule has 3 aromatic rings. The van der Waals surface area contributed by atoms with Gasteiger partial charge in [0.1, 0.15) is 5.75 Å². The Balaban J connectivity index is 2.06. The first-order valence-electron chi connectivity index (χ1n) is 11.7. The van der Waals surface area contributed by atoms with E-state index in [4.69, 9.17) is 16.0 Å². The number of carbonyl (C=O) groups excluding carboxylic acids is 1. The molecule has 2 amide bonds. The van der Waals surface area contributed by atoms with Crippen LogP contribution in [0.15, 0.2) is 71.0 Å². The number of amides is 2. The van der Waals surface area contributed by atoms with Crippen molar-refractivity contribution in [3.63, 3.8) is 0 Å². The number of urea groups is 1. The second-order valence-electron chi connectivity index (χ2n) is 8.17. The topological polar surface area (TPSA) is 125 Å². The van der Waals surface area contributed by atoms with Crippen molar-refractivity contribution in [3.8, 4) is 16.9 Å². The van der Waals surface area contributed by atoms with Gasteiger partial charge in [-0.2, -0.15) is 0 Å². The molecule has 8 nitrogen and oxygen atoms in total. The molecule has 3 rings (SSSR count). The van der Waals surface area contributed by atoms with Gasteiger partial charge in [0.25, 0.3) is 0 Å². The van der Waals surface area contributed by atoms with Gasteiger partial charge < -0.3 is 21.2 Å². The maximum absolute atomic E-state index is 12.9. The Bertz CT molecular complexity index is 1200. The molecule has 0 fully saturated rings. The lowest BCUT2D eigenvalue weighted by atomic mass is 9.95. The predicted octanol–water partition coefficient (Wildman–Crippen LogP) is 6.70. The minimum absolute atomic E-state index is 0.0434. The highest BCUT2D eigenvalue weighted by Gasteiger charge is 2.18. The molecule has 8 heteroatoms. The third kappa shape index (κ3) is 6.66. The first kappa shape index (κ1) is 25.4. The summed E-state index contributed by atoms with van der Waals surface area (Å²) < 4.78 is 6.11. The summed E-state index contributed by atoms with van der Waals surface area (Å²) in [5, 5.41) is 21.1. The highest BCUT2D eigenvalue weighted by atomic mass is 16.5. The molecule has 0 saturated heterocycles. The fraction of sp³-hybridized carbons (Fsp3) is 0.259. The van der Waals surface area contributed by atoms with Crippen molar-refractivity contribution in [1.29, 1.82) is 5.41 Å². The first-order valence-corrected chi connectivity index (χ1v) is 11.7. The zero-order valence-corrected chi connectivity index (χ0v) is 20.4. The maximum Gasteiger partial charge on any atom is 0.323 e. The molecule has 0 bridgehead atoms. The fourth-order valence-electron chi connectivity index (χ4n) is 3.74. The molecule has 0 radical (unpaired) electrons. The number of benzene rings is 3. The van der Waals surface area contributed by atoms with Crippen molar-refractivity contribution in [2.75, 3.05) is 17.2 Å². The molecular formula is C27H32N6O2. The van der Waals surface area contributed by atoms with E-state index < -0.39 is 0 Å². The van der Waals surface area contributed by atoms with Crippen molar-refractivity contribution in [2.24, 2.45) is 16.2 Å². The Hall–Kier alpha value is -4.20. The number of carbonyl (C=O) groups is 1. The number of hydrogen-bond acceptors (Lipinski definition) is 4. The number of nitrogens with one attached hydrogen (secondary N) is 3. The molecule has 0 aliphatic rings. The highest BCUT2D eigenvalue weighted by Crippen LogP contribution is 2.37. The summed E-state index contributed by atoms with van der Waals surface area (Å²) in [7, 11) is 0.